The molecule has 0 radical (unpaired) electrons. The number of pyridine rings is 1. The number of nitrogens with zero attached hydrogens (tertiary/aromatic N) is 3. The molecule has 286 valence electrons. The first kappa shape index (κ1) is 40.7. The summed E-state index contributed by atoms with van der Waals surface area (Å²) in [6.45, 7) is 8.07. The second-order valence-electron chi connectivity index (χ2n) is 13.9. The summed E-state index contributed by atoms with van der Waals surface area (Å²) in [5.41, 5.74) is 1.70. The van der Waals surface area contributed by atoms with Crippen LogP contribution in [0, 0.1) is 0 Å². The van der Waals surface area contributed by atoms with Crippen molar-refractivity contribution in [1.82, 2.24) is 9.47 Å². The highest BCUT2D eigenvalue weighted by Crippen LogP contribution is 2.31. The Hall–Kier alpha value is -4.46. The van der Waals surface area contributed by atoms with Crippen molar-refractivity contribution < 1.29 is 9.53 Å². The van der Waals surface area contributed by atoms with Crippen LogP contribution < -0.4 is 15.2 Å². The van der Waals surface area contributed by atoms with Crippen molar-refractivity contribution in [1.29, 1.82) is 0 Å². The molecule has 54 heavy (non-hydrogen) atoms. The number of rotatable bonds is 22. The molecule has 0 amide bonds. The number of thiophene rings is 1. The Bertz CT molecular complexity index is 1940. The molecule has 1 fully saturated rings. The molecule has 0 bridgehead atoms. The van der Waals surface area contributed by atoms with Crippen LogP contribution in [0.1, 0.15) is 88.8 Å². The quantitative estimate of drug-likeness (QED) is 0.0592. The lowest BCUT2D eigenvalue weighted by Crippen LogP contribution is -2.46. The highest BCUT2D eigenvalue weighted by molar-refractivity contribution is 7.17. The summed E-state index contributed by atoms with van der Waals surface area (Å²) in [6.07, 6.45) is 33.3. The summed E-state index contributed by atoms with van der Waals surface area (Å²) in [6, 6.07) is 17.9. The third-order valence-electron chi connectivity index (χ3n) is 9.86. The number of unbranched alkanes of at least 4 members (excludes halogenated alkanes) is 4. The van der Waals surface area contributed by atoms with Gasteiger partial charge in [-0.05, 0) is 118 Å². The van der Waals surface area contributed by atoms with Crippen LogP contribution in [-0.2, 0) is 0 Å². The molecule has 2 aromatic carbocycles. The van der Waals surface area contributed by atoms with E-state index in [0.29, 0.717) is 24.3 Å². The number of allylic oxidation sites excluding steroid dienone is 10. The van der Waals surface area contributed by atoms with E-state index in [1.54, 1.807) is 6.07 Å². The predicted octanol–water partition coefficient (Wildman–Crippen LogP) is 11.5. The van der Waals surface area contributed by atoms with Crippen LogP contribution in [0.15, 0.2) is 126 Å². The van der Waals surface area contributed by atoms with E-state index in [2.05, 4.69) is 107 Å². The second kappa shape index (κ2) is 23.4. The molecule has 0 aliphatic carbocycles. The minimum absolute atomic E-state index is 0.148. The molecule has 0 spiro atoms. The number of hydrogen-bond donors (Lipinski definition) is 0. The summed E-state index contributed by atoms with van der Waals surface area (Å²) in [5, 5.41) is 4.41. The van der Waals surface area contributed by atoms with Gasteiger partial charge in [0.15, 0.2) is 0 Å². The summed E-state index contributed by atoms with van der Waals surface area (Å²) in [4.78, 5) is 31.2. The fraction of sp³-hybridized carbons (Fsp3) is 0.404. The maximum Gasteiger partial charge on any atom is 0.257 e. The minimum Gasteiger partial charge on any atom is -0.494 e. The largest absolute Gasteiger partial charge is 0.494 e. The number of piperazine rings is 1. The van der Waals surface area contributed by atoms with E-state index in [4.69, 9.17) is 4.74 Å². The molecular weight excluding hydrogens is 687 g/mol. The van der Waals surface area contributed by atoms with Crippen molar-refractivity contribution in [2.75, 3.05) is 44.2 Å². The van der Waals surface area contributed by atoms with Gasteiger partial charge in [-0.15, -0.1) is 11.3 Å². The molecule has 0 atom stereocenters. The normalized spacial score (nSPS) is 14.4. The Kier molecular flexibility index (Phi) is 17.6. The van der Waals surface area contributed by atoms with Crippen molar-refractivity contribution in [3.8, 4) is 5.75 Å². The molecule has 0 unspecified atom stereocenters. The Morgan fingerprint density at radius 1 is 0.741 bits per heavy atom. The second-order valence-corrected chi connectivity index (χ2v) is 14.9. The van der Waals surface area contributed by atoms with Gasteiger partial charge in [0.05, 0.1) is 12.1 Å². The van der Waals surface area contributed by atoms with Gasteiger partial charge in [-0.2, -0.15) is 0 Å². The van der Waals surface area contributed by atoms with Crippen molar-refractivity contribution in [3.05, 3.63) is 131 Å². The zero-order valence-corrected chi connectivity index (χ0v) is 33.1. The summed E-state index contributed by atoms with van der Waals surface area (Å²) in [5.74, 6) is 0.549. The van der Waals surface area contributed by atoms with Crippen LogP contribution in [-0.4, -0.2) is 54.7 Å². The lowest BCUT2D eigenvalue weighted by molar-refractivity contribution is 0.0900. The Morgan fingerprint density at radius 3 is 2.19 bits per heavy atom. The lowest BCUT2D eigenvalue weighted by Gasteiger charge is -2.36. The van der Waals surface area contributed by atoms with Crippen molar-refractivity contribution >= 4 is 43.9 Å². The molecule has 6 nitrogen and oxygen atoms in total. The molecule has 5 rings (SSSR count). The SMILES string of the molecule is CC/C=C\C/C=C\C/C=C\C/C=C\C/C=C\CCCCCC(=O)n1c(=O)ccc2ccc(OCCCCN3CCN(c4cccc5sccc45)CC3)cc21. The molecule has 4 aromatic rings. The zero-order chi connectivity index (χ0) is 37.6. The van der Waals surface area contributed by atoms with E-state index in [1.807, 2.05) is 29.5 Å². The predicted molar refractivity (Wildman–Crippen MR) is 232 cm³/mol. The first-order valence-electron chi connectivity index (χ1n) is 20.1. The molecule has 1 aliphatic heterocycles. The van der Waals surface area contributed by atoms with Gasteiger partial charge in [-0.25, -0.2) is 4.57 Å². The number of anilines is 1. The molecule has 2 aromatic heterocycles. The number of benzene rings is 2. The van der Waals surface area contributed by atoms with E-state index in [-0.39, 0.29) is 11.5 Å². The number of fused-ring (bicyclic) bond motifs is 2. The first-order chi connectivity index (χ1) is 26.6. The average Bonchev–Trinajstić information content (AvgIpc) is 3.68. The van der Waals surface area contributed by atoms with Crippen molar-refractivity contribution in [2.24, 2.45) is 0 Å². The molecule has 1 aliphatic rings. The molecule has 7 heteroatoms. The fourth-order valence-corrected chi connectivity index (χ4v) is 7.66. The number of hydrogen-bond acceptors (Lipinski definition) is 6. The van der Waals surface area contributed by atoms with Gasteiger partial charge in [0, 0.05) is 60.5 Å². The number of ether oxygens (including phenoxy) is 1. The summed E-state index contributed by atoms with van der Waals surface area (Å²) >= 11 is 1.81. The fourth-order valence-electron chi connectivity index (χ4n) is 6.85. The van der Waals surface area contributed by atoms with E-state index < -0.39 is 0 Å². The number of aromatic nitrogens is 1. The Morgan fingerprint density at radius 2 is 1.44 bits per heavy atom. The van der Waals surface area contributed by atoms with Gasteiger partial charge >= 0.3 is 0 Å². The van der Waals surface area contributed by atoms with Crippen LogP contribution in [0.5, 0.6) is 5.75 Å². The van der Waals surface area contributed by atoms with Crippen LogP contribution in [0.4, 0.5) is 5.69 Å². The van der Waals surface area contributed by atoms with Gasteiger partial charge < -0.3 is 9.64 Å². The van der Waals surface area contributed by atoms with Crippen LogP contribution in [0.3, 0.4) is 0 Å². The average molecular weight is 746 g/mol. The minimum atomic E-state index is -0.282. The van der Waals surface area contributed by atoms with Gasteiger partial charge in [-0.1, -0.05) is 80.2 Å². The van der Waals surface area contributed by atoms with Gasteiger partial charge in [-0.3, -0.25) is 14.5 Å². The zero-order valence-electron chi connectivity index (χ0n) is 32.2. The van der Waals surface area contributed by atoms with Gasteiger partial charge in [0.25, 0.3) is 5.56 Å². The topological polar surface area (TPSA) is 54.8 Å². The van der Waals surface area contributed by atoms with Crippen LogP contribution >= 0.6 is 11.3 Å². The molecular formula is C47H59N3O3S. The van der Waals surface area contributed by atoms with E-state index in [9.17, 15) is 9.59 Å². The Balaban J connectivity index is 0.950. The monoisotopic (exact) mass is 745 g/mol. The summed E-state index contributed by atoms with van der Waals surface area (Å²) < 4.78 is 8.81. The van der Waals surface area contributed by atoms with Gasteiger partial charge in [0.2, 0.25) is 5.91 Å². The van der Waals surface area contributed by atoms with E-state index >= 15 is 0 Å². The highest BCUT2D eigenvalue weighted by atomic mass is 32.1. The first-order valence-corrected chi connectivity index (χ1v) is 21.0. The lowest BCUT2D eigenvalue weighted by atomic mass is 10.1. The smallest absolute Gasteiger partial charge is 0.257 e. The molecule has 0 N–H and O–H groups in total. The van der Waals surface area contributed by atoms with Crippen molar-refractivity contribution in [3.63, 3.8) is 0 Å². The third kappa shape index (κ3) is 13.1. The molecule has 0 saturated carbocycles. The highest BCUT2D eigenvalue weighted by Gasteiger charge is 2.18. The van der Waals surface area contributed by atoms with Gasteiger partial charge in [0.1, 0.15) is 5.75 Å². The number of carbonyl (C=O) groups is 1. The maximum absolute atomic E-state index is 13.3. The summed E-state index contributed by atoms with van der Waals surface area (Å²) in [7, 11) is 0. The van der Waals surface area contributed by atoms with E-state index in [1.165, 1.54) is 26.4 Å². The van der Waals surface area contributed by atoms with Crippen LogP contribution in [0.25, 0.3) is 21.0 Å². The van der Waals surface area contributed by atoms with E-state index in [0.717, 1.165) is 109 Å². The third-order valence-corrected chi connectivity index (χ3v) is 10.7. The van der Waals surface area contributed by atoms with Crippen molar-refractivity contribution in [2.45, 2.75) is 84.0 Å². The van der Waals surface area contributed by atoms with Crippen LogP contribution in [0.2, 0.25) is 0 Å². The Labute approximate surface area is 326 Å². The standard InChI is InChI=1S/C47H59N3O3S/c1-2-3-4-5-6-7-8-9-10-11-12-13-14-15-16-17-18-19-20-26-46(51)50-44-39-41(29-27-40(44)28-30-47(50)52)53-37-22-21-32-48-33-35-49(36-34-48)43-24-23-25-45-42(43)31-38-54-45/h3-4,6-7,9-10,12-13,15-16,23-25,27-31,38-39H,2,5,8,11,14,17-22,26,32-37H2,1H3/b4-3-,7-6-,10-9-,13-12-,16-15-. The molecule has 1 saturated heterocycles. The number of carbonyl (C=O) groups excluding carboxylic acids is 1. The maximum atomic E-state index is 13.3. The molecule has 3 heterocycles.